The van der Waals surface area contributed by atoms with E-state index < -0.39 is 0 Å². The van der Waals surface area contributed by atoms with Crippen molar-refractivity contribution in [2.75, 3.05) is 13.2 Å². The van der Waals surface area contributed by atoms with Crippen LogP contribution in [0.5, 0.6) is 0 Å². The highest BCUT2D eigenvalue weighted by Gasteiger charge is 2.22. The van der Waals surface area contributed by atoms with E-state index in [1.165, 1.54) is 6.07 Å². The lowest BCUT2D eigenvalue weighted by atomic mass is 10.1. The quantitative estimate of drug-likeness (QED) is 0.844. The summed E-state index contributed by atoms with van der Waals surface area (Å²) in [4.78, 5) is 0. The zero-order valence-corrected chi connectivity index (χ0v) is 9.58. The Hall–Kier alpha value is -0.930. The molecule has 0 radical (unpaired) electrons. The Balaban J connectivity index is 1.78. The van der Waals surface area contributed by atoms with Gasteiger partial charge in [-0.15, -0.1) is 0 Å². The topological polar surface area (TPSA) is 21.3 Å². The molecule has 2 rings (SSSR count). The highest BCUT2D eigenvalue weighted by Crippen LogP contribution is 2.13. The molecule has 16 heavy (non-hydrogen) atoms. The van der Waals surface area contributed by atoms with E-state index in [0.29, 0.717) is 6.04 Å². The van der Waals surface area contributed by atoms with E-state index in [2.05, 4.69) is 12.2 Å². The van der Waals surface area contributed by atoms with E-state index >= 15 is 0 Å². The zero-order valence-electron chi connectivity index (χ0n) is 9.58. The lowest BCUT2D eigenvalue weighted by Crippen LogP contribution is -2.36. The van der Waals surface area contributed by atoms with Crippen LogP contribution in [0.3, 0.4) is 0 Å². The Morgan fingerprint density at radius 1 is 1.44 bits per heavy atom. The summed E-state index contributed by atoms with van der Waals surface area (Å²) >= 11 is 0. The van der Waals surface area contributed by atoms with Crippen LogP contribution in [0.1, 0.15) is 18.9 Å². The number of rotatable bonds is 4. The molecule has 1 aliphatic rings. The highest BCUT2D eigenvalue weighted by atomic mass is 19.1. The molecule has 1 aromatic carbocycles. The van der Waals surface area contributed by atoms with Crippen LogP contribution in [0.2, 0.25) is 0 Å². The van der Waals surface area contributed by atoms with Crippen molar-refractivity contribution in [3.8, 4) is 0 Å². The molecule has 1 aliphatic heterocycles. The highest BCUT2D eigenvalue weighted by molar-refractivity contribution is 5.17. The molecule has 0 aromatic heterocycles. The van der Waals surface area contributed by atoms with Crippen LogP contribution in [-0.2, 0) is 11.2 Å². The predicted octanol–water partition coefficient (Wildman–Crippen LogP) is 2.14. The van der Waals surface area contributed by atoms with Crippen LogP contribution in [0, 0.1) is 5.82 Å². The lowest BCUT2D eigenvalue weighted by molar-refractivity contribution is 0.113. The lowest BCUT2D eigenvalue weighted by Gasteiger charge is -2.15. The van der Waals surface area contributed by atoms with Crippen LogP contribution in [0.25, 0.3) is 0 Å². The Labute approximate surface area is 95.8 Å². The molecule has 88 valence electrons. The molecule has 1 aromatic rings. The number of benzene rings is 1. The molecular weight excluding hydrogens is 205 g/mol. The standard InChI is InChI=1S/C13H18FNO/c1-10-13(7-9-16-10)15-8-6-11-4-2-3-5-12(11)14/h2-5,10,13,15H,6-9H2,1H3. The van der Waals surface area contributed by atoms with Crippen molar-refractivity contribution in [2.45, 2.75) is 31.9 Å². The molecule has 2 nitrogen and oxygen atoms in total. The number of nitrogens with one attached hydrogen (secondary N) is 1. The van der Waals surface area contributed by atoms with Gasteiger partial charge in [0, 0.05) is 12.6 Å². The van der Waals surface area contributed by atoms with Gasteiger partial charge in [-0.3, -0.25) is 0 Å². The SMILES string of the molecule is CC1OCCC1NCCc1ccccc1F. The van der Waals surface area contributed by atoms with E-state index in [0.717, 1.165) is 31.6 Å². The molecule has 0 saturated carbocycles. The molecule has 1 fully saturated rings. The first-order chi connectivity index (χ1) is 7.77. The van der Waals surface area contributed by atoms with E-state index in [1.807, 2.05) is 12.1 Å². The summed E-state index contributed by atoms with van der Waals surface area (Å²) in [6.07, 6.45) is 2.06. The normalized spacial score (nSPS) is 24.9. The summed E-state index contributed by atoms with van der Waals surface area (Å²) in [6.45, 7) is 3.71. The van der Waals surface area contributed by atoms with Gasteiger partial charge < -0.3 is 10.1 Å². The Morgan fingerprint density at radius 2 is 2.25 bits per heavy atom. The van der Waals surface area contributed by atoms with Crippen molar-refractivity contribution in [3.63, 3.8) is 0 Å². The first kappa shape index (κ1) is 11.6. The van der Waals surface area contributed by atoms with Crippen molar-refractivity contribution >= 4 is 0 Å². The van der Waals surface area contributed by atoms with Crippen molar-refractivity contribution in [3.05, 3.63) is 35.6 Å². The van der Waals surface area contributed by atoms with Crippen LogP contribution in [0.15, 0.2) is 24.3 Å². The van der Waals surface area contributed by atoms with E-state index in [9.17, 15) is 4.39 Å². The third-order valence-corrected chi connectivity index (χ3v) is 3.13. The third-order valence-electron chi connectivity index (χ3n) is 3.13. The second kappa shape index (κ2) is 5.41. The number of hydrogen-bond acceptors (Lipinski definition) is 2. The second-order valence-electron chi connectivity index (χ2n) is 4.27. The molecule has 0 bridgehead atoms. The number of ether oxygens (including phenoxy) is 1. The molecule has 2 unspecified atom stereocenters. The average Bonchev–Trinajstić information content (AvgIpc) is 2.67. The second-order valence-corrected chi connectivity index (χ2v) is 4.27. The molecule has 1 saturated heterocycles. The average molecular weight is 223 g/mol. The van der Waals surface area contributed by atoms with Crippen LogP contribution in [-0.4, -0.2) is 25.3 Å². The van der Waals surface area contributed by atoms with Crippen molar-refractivity contribution in [1.82, 2.24) is 5.32 Å². The maximum Gasteiger partial charge on any atom is 0.126 e. The van der Waals surface area contributed by atoms with Crippen LogP contribution >= 0.6 is 0 Å². The Bertz CT molecular complexity index is 342. The summed E-state index contributed by atoms with van der Waals surface area (Å²) in [5, 5.41) is 3.42. The van der Waals surface area contributed by atoms with Crippen molar-refractivity contribution in [2.24, 2.45) is 0 Å². The molecule has 0 aliphatic carbocycles. The molecule has 0 spiro atoms. The van der Waals surface area contributed by atoms with Gasteiger partial charge in [0.2, 0.25) is 0 Å². The molecule has 3 heteroatoms. The van der Waals surface area contributed by atoms with Crippen molar-refractivity contribution in [1.29, 1.82) is 0 Å². The number of halogens is 1. The Kier molecular flexibility index (Phi) is 3.91. The predicted molar refractivity (Wildman–Crippen MR) is 61.9 cm³/mol. The maximum absolute atomic E-state index is 13.3. The minimum absolute atomic E-state index is 0.111. The van der Waals surface area contributed by atoms with Gasteiger partial charge in [0.25, 0.3) is 0 Å². The van der Waals surface area contributed by atoms with Gasteiger partial charge in [-0.05, 0) is 37.9 Å². The van der Waals surface area contributed by atoms with Gasteiger partial charge in [0.05, 0.1) is 6.10 Å². The van der Waals surface area contributed by atoms with Crippen LogP contribution < -0.4 is 5.32 Å². The minimum Gasteiger partial charge on any atom is -0.377 e. The monoisotopic (exact) mass is 223 g/mol. The summed E-state index contributed by atoms with van der Waals surface area (Å²) in [5.41, 5.74) is 0.779. The van der Waals surface area contributed by atoms with Gasteiger partial charge in [0.15, 0.2) is 0 Å². The largest absolute Gasteiger partial charge is 0.377 e. The molecular formula is C13H18FNO. The smallest absolute Gasteiger partial charge is 0.126 e. The minimum atomic E-state index is -0.111. The van der Waals surface area contributed by atoms with E-state index in [-0.39, 0.29) is 11.9 Å². The van der Waals surface area contributed by atoms with Gasteiger partial charge >= 0.3 is 0 Å². The first-order valence-electron chi connectivity index (χ1n) is 5.86. The van der Waals surface area contributed by atoms with Crippen LogP contribution in [0.4, 0.5) is 4.39 Å². The van der Waals surface area contributed by atoms with Gasteiger partial charge in [-0.25, -0.2) is 4.39 Å². The molecule has 2 atom stereocenters. The summed E-state index contributed by atoms with van der Waals surface area (Å²) in [5.74, 6) is -0.111. The molecule has 1 heterocycles. The third kappa shape index (κ3) is 2.80. The van der Waals surface area contributed by atoms with Gasteiger partial charge in [0.1, 0.15) is 5.82 Å². The fraction of sp³-hybridized carbons (Fsp3) is 0.538. The fourth-order valence-corrected chi connectivity index (χ4v) is 2.09. The summed E-state index contributed by atoms with van der Waals surface area (Å²) in [6, 6.07) is 7.37. The Morgan fingerprint density at radius 3 is 2.94 bits per heavy atom. The summed E-state index contributed by atoms with van der Waals surface area (Å²) < 4.78 is 18.8. The molecule has 1 N–H and O–H groups in total. The fourth-order valence-electron chi connectivity index (χ4n) is 2.09. The first-order valence-corrected chi connectivity index (χ1v) is 5.86. The summed E-state index contributed by atoms with van der Waals surface area (Å²) in [7, 11) is 0. The van der Waals surface area contributed by atoms with Gasteiger partial charge in [-0.2, -0.15) is 0 Å². The maximum atomic E-state index is 13.3. The molecule has 0 amide bonds. The van der Waals surface area contributed by atoms with E-state index in [4.69, 9.17) is 4.74 Å². The van der Waals surface area contributed by atoms with Gasteiger partial charge in [-0.1, -0.05) is 18.2 Å². The van der Waals surface area contributed by atoms with Crippen molar-refractivity contribution < 1.29 is 9.13 Å². The van der Waals surface area contributed by atoms with E-state index in [1.54, 1.807) is 6.07 Å². The zero-order chi connectivity index (χ0) is 11.4. The number of hydrogen-bond donors (Lipinski definition) is 1.